The van der Waals surface area contributed by atoms with Gasteiger partial charge < -0.3 is 10.2 Å². The molecule has 0 atom stereocenters. The SMILES string of the molecule is CC(C)C1CCCCC1.O=C1C(=O)N(C2CCNCC2)c2ccccc21. The molecule has 4 rings (SSSR count). The maximum Gasteiger partial charge on any atom is 0.299 e. The maximum atomic E-state index is 12.0. The summed E-state index contributed by atoms with van der Waals surface area (Å²) in [5.74, 6) is 1.27. The Balaban J connectivity index is 0.000000185. The molecule has 0 unspecified atom stereocenters. The van der Waals surface area contributed by atoms with Gasteiger partial charge in [-0.2, -0.15) is 0 Å². The maximum absolute atomic E-state index is 12.0. The van der Waals surface area contributed by atoms with E-state index in [9.17, 15) is 9.59 Å². The van der Waals surface area contributed by atoms with Gasteiger partial charge in [0.05, 0.1) is 11.3 Å². The molecule has 4 heteroatoms. The van der Waals surface area contributed by atoms with E-state index in [1.807, 2.05) is 12.1 Å². The Morgan fingerprint density at radius 1 is 0.962 bits per heavy atom. The predicted molar refractivity (Wildman–Crippen MR) is 106 cm³/mol. The quantitative estimate of drug-likeness (QED) is 0.808. The van der Waals surface area contributed by atoms with E-state index in [0.717, 1.165) is 43.5 Å². The first-order chi connectivity index (χ1) is 12.6. The first-order valence-corrected chi connectivity index (χ1v) is 10.3. The summed E-state index contributed by atoms with van der Waals surface area (Å²) in [5, 5.41) is 3.27. The van der Waals surface area contributed by atoms with E-state index < -0.39 is 0 Å². The smallest absolute Gasteiger partial charge is 0.299 e. The number of rotatable bonds is 2. The van der Waals surface area contributed by atoms with Crippen LogP contribution in [0.15, 0.2) is 24.3 Å². The molecule has 2 fully saturated rings. The number of carbonyl (C=O) groups is 2. The number of benzene rings is 1. The number of hydrogen-bond acceptors (Lipinski definition) is 3. The lowest BCUT2D eigenvalue weighted by Gasteiger charge is -2.31. The van der Waals surface area contributed by atoms with E-state index in [2.05, 4.69) is 19.2 Å². The first kappa shape index (κ1) is 19.1. The van der Waals surface area contributed by atoms with Crippen molar-refractivity contribution < 1.29 is 9.59 Å². The van der Waals surface area contributed by atoms with Crippen LogP contribution in [0.1, 0.15) is 69.2 Å². The number of hydrogen-bond donors (Lipinski definition) is 1. The molecule has 1 aromatic rings. The lowest BCUT2D eigenvalue weighted by atomic mass is 9.82. The fourth-order valence-corrected chi connectivity index (χ4v) is 4.44. The number of carbonyl (C=O) groups excluding carboxylic acids is 2. The van der Waals surface area contributed by atoms with Gasteiger partial charge in [0.2, 0.25) is 0 Å². The van der Waals surface area contributed by atoms with Crippen molar-refractivity contribution in [2.24, 2.45) is 11.8 Å². The highest BCUT2D eigenvalue weighted by molar-refractivity contribution is 6.52. The van der Waals surface area contributed by atoms with E-state index in [1.54, 1.807) is 17.0 Å². The Morgan fingerprint density at radius 2 is 1.62 bits per heavy atom. The number of piperidine rings is 1. The van der Waals surface area contributed by atoms with Gasteiger partial charge in [-0.05, 0) is 49.9 Å². The van der Waals surface area contributed by atoms with Crippen LogP contribution >= 0.6 is 0 Å². The van der Waals surface area contributed by atoms with Crippen LogP contribution in [0.5, 0.6) is 0 Å². The highest BCUT2D eigenvalue weighted by atomic mass is 16.2. The van der Waals surface area contributed by atoms with Crippen molar-refractivity contribution in [3.05, 3.63) is 29.8 Å². The van der Waals surface area contributed by atoms with Crippen LogP contribution in [0.4, 0.5) is 5.69 Å². The number of anilines is 1. The van der Waals surface area contributed by atoms with E-state index in [4.69, 9.17) is 0 Å². The number of ketones is 1. The minimum atomic E-state index is -0.363. The summed E-state index contributed by atoms with van der Waals surface area (Å²) in [5.41, 5.74) is 1.34. The van der Waals surface area contributed by atoms with E-state index >= 15 is 0 Å². The molecule has 1 amide bonds. The number of amides is 1. The van der Waals surface area contributed by atoms with Gasteiger partial charge in [-0.1, -0.05) is 58.1 Å². The van der Waals surface area contributed by atoms with Crippen molar-refractivity contribution in [2.75, 3.05) is 18.0 Å². The van der Waals surface area contributed by atoms with E-state index in [1.165, 1.54) is 32.1 Å². The molecule has 2 heterocycles. The molecular formula is C22H32N2O2. The second kappa shape index (κ2) is 8.81. The standard InChI is InChI=1S/C13H14N2O2.C9H18/c16-12-10-3-1-2-4-11(10)15(13(12)17)9-5-7-14-8-6-9;1-8(2)9-6-4-3-5-7-9/h1-4,9,14H,5-8H2;8-9H,3-7H2,1-2H3. The Hall–Kier alpha value is -1.68. The lowest BCUT2D eigenvalue weighted by molar-refractivity contribution is -0.114. The van der Waals surface area contributed by atoms with Gasteiger partial charge in [-0.25, -0.2) is 0 Å². The molecule has 3 aliphatic rings. The zero-order valence-electron chi connectivity index (χ0n) is 16.2. The Morgan fingerprint density at radius 3 is 2.23 bits per heavy atom. The monoisotopic (exact) mass is 356 g/mol. The molecule has 0 spiro atoms. The highest BCUT2D eigenvalue weighted by Crippen LogP contribution is 2.32. The van der Waals surface area contributed by atoms with Gasteiger partial charge in [0.15, 0.2) is 0 Å². The second-order valence-electron chi connectivity index (χ2n) is 8.14. The molecule has 0 bridgehead atoms. The zero-order valence-corrected chi connectivity index (χ0v) is 16.2. The van der Waals surface area contributed by atoms with Gasteiger partial charge in [-0.3, -0.25) is 9.59 Å². The summed E-state index contributed by atoms with van der Waals surface area (Å²) in [4.78, 5) is 25.6. The molecular weight excluding hydrogens is 324 g/mol. The minimum absolute atomic E-state index is 0.163. The van der Waals surface area contributed by atoms with Crippen molar-refractivity contribution in [3.63, 3.8) is 0 Å². The van der Waals surface area contributed by atoms with Crippen molar-refractivity contribution in [1.29, 1.82) is 0 Å². The molecule has 1 saturated heterocycles. The molecule has 142 valence electrons. The minimum Gasteiger partial charge on any atom is -0.317 e. The molecule has 4 nitrogen and oxygen atoms in total. The largest absolute Gasteiger partial charge is 0.317 e. The topological polar surface area (TPSA) is 49.4 Å². The molecule has 1 aliphatic carbocycles. The normalized spacial score (nSPS) is 21.6. The average Bonchev–Trinajstić information content (AvgIpc) is 2.95. The van der Waals surface area contributed by atoms with Crippen LogP contribution in [0.3, 0.4) is 0 Å². The molecule has 0 radical (unpaired) electrons. The second-order valence-corrected chi connectivity index (χ2v) is 8.14. The van der Waals surface area contributed by atoms with Gasteiger partial charge in [0.25, 0.3) is 11.7 Å². The number of para-hydroxylation sites is 1. The lowest BCUT2D eigenvalue weighted by Crippen LogP contribution is -2.45. The van der Waals surface area contributed by atoms with Crippen molar-refractivity contribution in [3.8, 4) is 0 Å². The Bertz CT molecular complexity index is 629. The molecule has 1 N–H and O–H groups in total. The first-order valence-electron chi connectivity index (χ1n) is 10.3. The van der Waals surface area contributed by atoms with Crippen molar-refractivity contribution >= 4 is 17.4 Å². The van der Waals surface area contributed by atoms with Crippen LogP contribution < -0.4 is 10.2 Å². The van der Waals surface area contributed by atoms with Gasteiger partial charge >= 0.3 is 0 Å². The Kier molecular flexibility index (Phi) is 6.47. The van der Waals surface area contributed by atoms with Gasteiger partial charge in [0.1, 0.15) is 0 Å². The zero-order chi connectivity index (χ0) is 18.5. The van der Waals surface area contributed by atoms with E-state index in [-0.39, 0.29) is 17.7 Å². The molecule has 2 aliphatic heterocycles. The average molecular weight is 357 g/mol. The predicted octanol–water partition coefficient (Wildman–Crippen LogP) is 4.19. The van der Waals surface area contributed by atoms with Gasteiger partial charge in [-0.15, -0.1) is 0 Å². The summed E-state index contributed by atoms with van der Waals surface area (Å²) in [6.45, 7) is 6.53. The van der Waals surface area contributed by atoms with Crippen molar-refractivity contribution in [2.45, 2.75) is 64.8 Å². The van der Waals surface area contributed by atoms with Gasteiger partial charge in [0, 0.05) is 6.04 Å². The fraction of sp³-hybridized carbons (Fsp3) is 0.636. The number of Topliss-reactive ketones (excluding diaryl/α,β-unsaturated/α-hetero) is 1. The molecule has 0 aromatic heterocycles. The fourth-order valence-electron chi connectivity index (χ4n) is 4.44. The number of fused-ring (bicyclic) bond motifs is 1. The third-order valence-electron chi connectivity index (χ3n) is 6.09. The molecule has 1 saturated carbocycles. The van der Waals surface area contributed by atoms with Crippen LogP contribution in [-0.2, 0) is 4.79 Å². The summed E-state index contributed by atoms with van der Waals surface area (Å²) in [7, 11) is 0. The van der Waals surface area contributed by atoms with Crippen LogP contribution in [0.2, 0.25) is 0 Å². The number of nitrogens with zero attached hydrogens (tertiary/aromatic N) is 1. The third kappa shape index (κ3) is 4.17. The molecule has 1 aromatic carbocycles. The highest BCUT2D eigenvalue weighted by Gasteiger charge is 2.39. The third-order valence-corrected chi connectivity index (χ3v) is 6.09. The summed E-state index contributed by atoms with van der Waals surface area (Å²) in [6.07, 6.45) is 9.28. The van der Waals surface area contributed by atoms with E-state index in [0.29, 0.717) is 5.56 Å². The summed E-state index contributed by atoms with van der Waals surface area (Å²) < 4.78 is 0. The van der Waals surface area contributed by atoms with Crippen LogP contribution in [-0.4, -0.2) is 30.8 Å². The van der Waals surface area contributed by atoms with Crippen LogP contribution in [0.25, 0.3) is 0 Å². The van der Waals surface area contributed by atoms with Crippen molar-refractivity contribution in [1.82, 2.24) is 5.32 Å². The summed E-state index contributed by atoms with van der Waals surface area (Å²) in [6, 6.07) is 7.43. The Labute approximate surface area is 157 Å². The number of nitrogens with one attached hydrogen (secondary N) is 1. The molecule has 26 heavy (non-hydrogen) atoms. The summed E-state index contributed by atoms with van der Waals surface area (Å²) >= 11 is 0. The van der Waals surface area contributed by atoms with Crippen LogP contribution in [0, 0.1) is 11.8 Å².